The molecule has 1 aliphatic rings. The average Bonchev–Trinajstić information content (AvgIpc) is 2.37. The second-order valence-electron chi connectivity index (χ2n) is 5.44. The Hall–Kier alpha value is -0.380. The summed E-state index contributed by atoms with van der Waals surface area (Å²) in [6.45, 7) is 5.78. The molecule has 1 saturated heterocycles. The molecule has 1 atom stereocenters. The van der Waals surface area contributed by atoms with E-state index >= 15 is 0 Å². The van der Waals surface area contributed by atoms with Crippen molar-refractivity contribution in [3.63, 3.8) is 0 Å². The third kappa shape index (κ3) is 4.08. The van der Waals surface area contributed by atoms with Gasteiger partial charge in [-0.3, -0.25) is 0 Å². The van der Waals surface area contributed by atoms with Crippen molar-refractivity contribution < 1.29 is 0 Å². The van der Waals surface area contributed by atoms with Gasteiger partial charge in [-0.05, 0) is 63.5 Å². The van der Waals surface area contributed by atoms with Crippen molar-refractivity contribution in [3.8, 4) is 0 Å². The molecule has 1 aromatic rings. The van der Waals surface area contributed by atoms with Crippen molar-refractivity contribution in [1.82, 2.24) is 10.2 Å². The van der Waals surface area contributed by atoms with Crippen LogP contribution >= 0.6 is 15.9 Å². The zero-order valence-corrected chi connectivity index (χ0v) is 12.9. The van der Waals surface area contributed by atoms with Crippen LogP contribution in [0.5, 0.6) is 0 Å². The summed E-state index contributed by atoms with van der Waals surface area (Å²) < 4.78 is 1.16. The van der Waals surface area contributed by atoms with E-state index in [4.69, 9.17) is 0 Å². The molecule has 0 radical (unpaired) electrons. The molecule has 2 nitrogen and oxygen atoms in total. The number of benzene rings is 1. The average molecular weight is 311 g/mol. The van der Waals surface area contributed by atoms with Gasteiger partial charge in [0.25, 0.3) is 0 Å². The summed E-state index contributed by atoms with van der Waals surface area (Å²) in [5, 5.41) is 3.67. The summed E-state index contributed by atoms with van der Waals surface area (Å²) in [4.78, 5) is 2.43. The van der Waals surface area contributed by atoms with E-state index in [1.807, 2.05) is 0 Å². The summed E-state index contributed by atoms with van der Waals surface area (Å²) in [5.74, 6) is 0.827. The lowest BCUT2D eigenvalue weighted by Gasteiger charge is -2.33. The lowest BCUT2D eigenvalue weighted by molar-refractivity contribution is 0.189. The van der Waals surface area contributed by atoms with E-state index in [1.165, 1.54) is 31.5 Å². The van der Waals surface area contributed by atoms with Crippen molar-refractivity contribution in [3.05, 3.63) is 34.3 Å². The highest BCUT2D eigenvalue weighted by Gasteiger charge is 2.21. The van der Waals surface area contributed by atoms with Crippen LogP contribution in [0.15, 0.2) is 28.7 Å². The number of likely N-dealkylation sites (tertiary alicyclic amines) is 1. The SMILES string of the molecule is CC(NCc1cccc(Br)c1)C1CCN(C)CC1. The molecule has 1 unspecified atom stereocenters. The normalized spacial score (nSPS) is 19.9. The van der Waals surface area contributed by atoms with E-state index in [0.717, 1.165) is 16.9 Å². The first-order valence-corrected chi connectivity index (χ1v) is 7.61. The predicted octanol–water partition coefficient (Wildman–Crippen LogP) is 3.27. The van der Waals surface area contributed by atoms with E-state index in [2.05, 4.69) is 64.4 Å². The first-order chi connectivity index (χ1) is 8.65. The van der Waals surface area contributed by atoms with Crippen LogP contribution in [0.1, 0.15) is 25.3 Å². The summed E-state index contributed by atoms with van der Waals surface area (Å²) in [6, 6.07) is 9.15. The Morgan fingerprint density at radius 3 is 2.78 bits per heavy atom. The topological polar surface area (TPSA) is 15.3 Å². The molecule has 1 fully saturated rings. The van der Waals surface area contributed by atoms with Gasteiger partial charge < -0.3 is 10.2 Å². The molecule has 0 aliphatic carbocycles. The summed E-state index contributed by atoms with van der Waals surface area (Å²) in [7, 11) is 2.22. The Bertz CT molecular complexity index is 373. The number of nitrogens with zero attached hydrogens (tertiary/aromatic N) is 1. The van der Waals surface area contributed by atoms with E-state index in [0.29, 0.717) is 6.04 Å². The maximum absolute atomic E-state index is 3.67. The quantitative estimate of drug-likeness (QED) is 0.918. The molecular formula is C15H23BrN2. The second-order valence-corrected chi connectivity index (χ2v) is 6.36. The molecule has 1 heterocycles. The van der Waals surface area contributed by atoms with E-state index in [1.54, 1.807) is 0 Å². The van der Waals surface area contributed by atoms with Gasteiger partial charge in [-0.15, -0.1) is 0 Å². The lowest BCUT2D eigenvalue weighted by Crippen LogP contribution is -2.40. The molecule has 0 saturated carbocycles. The monoisotopic (exact) mass is 310 g/mol. The van der Waals surface area contributed by atoms with E-state index in [9.17, 15) is 0 Å². The minimum absolute atomic E-state index is 0.609. The first-order valence-electron chi connectivity index (χ1n) is 6.81. The van der Waals surface area contributed by atoms with Gasteiger partial charge in [0, 0.05) is 17.1 Å². The standard InChI is InChI=1S/C15H23BrN2/c1-12(14-6-8-18(2)9-7-14)17-11-13-4-3-5-15(16)10-13/h3-5,10,12,14,17H,6-9,11H2,1-2H3. The molecule has 1 aliphatic heterocycles. The van der Waals surface area contributed by atoms with Gasteiger partial charge in [-0.1, -0.05) is 28.1 Å². The Kier molecular flexibility index (Phi) is 5.22. The van der Waals surface area contributed by atoms with Gasteiger partial charge in [-0.25, -0.2) is 0 Å². The van der Waals surface area contributed by atoms with Crippen LogP contribution in [0.2, 0.25) is 0 Å². The van der Waals surface area contributed by atoms with Crippen molar-refractivity contribution in [2.75, 3.05) is 20.1 Å². The fraction of sp³-hybridized carbons (Fsp3) is 0.600. The van der Waals surface area contributed by atoms with Gasteiger partial charge in [0.1, 0.15) is 0 Å². The fourth-order valence-electron chi connectivity index (χ4n) is 2.62. The number of hydrogen-bond acceptors (Lipinski definition) is 2. The van der Waals surface area contributed by atoms with Gasteiger partial charge in [-0.2, -0.15) is 0 Å². The molecule has 0 spiro atoms. The minimum atomic E-state index is 0.609. The number of piperidine rings is 1. The third-order valence-electron chi connectivity index (χ3n) is 3.99. The zero-order valence-electron chi connectivity index (χ0n) is 11.3. The highest BCUT2D eigenvalue weighted by atomic mass is 79.9. The highest BCUT2D eigenvalue weighted by Crippen LogP contribution is 2.20. The fourth-order valence-corrected chi connectivity index (χ4v) is 3.07. The van der Waals surface area contributed by atoms with Crippen LogP contribution in [0, 0.1) is 5.92 Å². The summed E-state index contributed by atoms with van der Waals surface area (Å²) in [6.07, 6.45) is 2.65. The Morgan fingerprint density at radius 1 is 1.39 bits per heavy atom. The van der Waals surface area contributed by atoms with Crippen LogP contribution < -0.4 is 5.32 Å². The number of halogens is 1. The first kappa shape index (κ1) is 14.0. The van der Waals surface area contributed by atoms with Crippen molar-refractivity contribution in [2.24, 2.45) is 5.92 Å². The molecule has 0 bridgehead atoms. The number of rotatable bonds is 4. The maximum Gasteiger partial charge on any atom is 0.0208 e. The van der Waals surface area contributed by atoms with Crippen LogP contribution in [-0.2, 0) is 6.54 Å². The Labute approximate surface area is 119 Å². The van der Waals surface area contributed by atoms with Gasteiger partial charge >= 0.3 is 0 Å². The zero-order chi connectivity index (χ0) is 13.0. The molecule has 1 aromatic carbocycles. The van der Waals surface area contributed by atoms with Crippen molar-refractivity contribution in [1.29, 1.82) is 0 Å². The minimum Gasteiger partial charge on any atom is -0.310 e. The molecule has 0 amide bonds. The molecule has 3 heteroatoms. The highest BCUT2D eigenvalue weighted by molar-refractivity contribution is 9.10. The number of nitrogens with one attached hydrogen (secondary N) is 1. The van der Waals surface area contributed by atoms with E-state index < -0.39 is 0 Å². The van der Waals surface area contributed by atoms with Gasteiger partial charge in [0.15, 0.2) is 0 Å². The van der Waals surface area contributed by atoms with Crippen LogP contribution in [0.3, 0.4) is 0 Å². The smallest absolute Gasteiger partial charge is 0.0208 e. The van der Waals surface area contributed by atoms with Crippen LogP contribution in [0.25, 0.3) is 0 Å². The Morgan fingerprint density at radius 2 is 2.11 bits per heavy atom. The van der Waals surface area contributed by atoms with Crippen molar-refractivity contribution >= 4 is 15.9 Å². The largest absolute Gasteiger partial charge is 0.310 e. The maximum atomic E-state index is 3.67. The number of hydrogen-bond donors (Lipinski definition) is 1. The molecular weight excluding hydrogens is 288 g/mol. The van der Waals surface area contributed by atoms with Crippen LogP contribution in [0.4, 0.5) is 0 Å². The van der Waals surface area contributed by atoms with Crippen LogP contribution in [-0.4, -0.2) is 31.1 Å². The lowest BCUT2D eigenvalue weighted by atomic mass is 9.90. The summed E-state index contributed by atoms with van der Waals surface area (Å²) in [5.41, 5.74) is 1.35. The predicted molar refractivity (Wildman–Crippen MR) is 80.7 cm³/mol. The molecule has 100 valence electrons. The van der Waals surface area contributed by atoms with Crippen molar-refractivity contribution in [2.45, 2.75) is 32.4 Å². The Balaban J connectivity index is 1.79. The molecule has 1 N–H and O–H groups in total. The van der Waals surface area contributed by atoms with Gasteiger partial charge in [0.05, 0.1) is 0 Å². The van der Waals surface area contributed by atoms with E-state index in [-0.39, 0.29) is 0 Å². The molecule has 18 heavy (non-hydrogen) atoms. The molecule has 2 rings (SSSR count). The van der Waals surface area contributed by atoms with Gasteiger partial charge in [0.2, 0.25) is 0 Å². The third-order valence-corrected chi connectivity index (χ3v) is 4.48. The summed E-state index contributed by atoms with van der Waals surface area (Å²) >= 11 is 3.52. The molecule has 0 aromatic heterocycles. The second kappa shape index (κ2) is 6.69.